The maximum absolute atomic E-state index is 12.6. The number of aryl methyl sites for hydroxylation is 1. The number of nitrogens with one attached hydrogen (secondary N) is 3. The Balaban J connectivity index is 1.21. The maximum Gasteiger partial charge on any atom is 0.229 e. The van der Waals surface area contributed by atoms with E-state index in [9.17, 15) is 8.42 Å². The van der Waals surface area contributed by atoms with Crippen molar-refractivity contribution >= 4 is 39.1 Å². The molecule has 33 heavy (non-hydrogen) atoms. The van der Waals surface area contributed by atoms with Crippen molar-refractivity contribution in [2.75, 3.05) is 42.8 Å². The van der Waals surface area contributed by atoms with Crippen molar-refractivity contribution in [3.05, 3.63) is 23.6 Å². The van der Waals surface area contributed by atoms with Crippen molar-refractivity contribution < 1.29 is 22.6 Å². The van der Waals surface area contributed by atoms with Crippen molar-refractivity contribution in [3.8, 4) is 0 Å². The molecule has 3 aliphatic heterocycles. The van der Waals surface area contributed by atoms with Crippen LogP contribution in [-0.2, 0) is 31.3 Å². The summed E-state index contributed by atoms with van der Waals surface area (Å²) in [5, 5.41) is 10.8. The van der Waals surface area contributed by atoms with Gasteiger partial charge in [0.15, 0.2) is 5.82 Å². The van der Waals surface area contributed by atoms with Crippen LogP contribution in [0.1, 0.15) is 6.42 Å². The van der Waals surface area contributed by atoms with Gasteiger partial charge in [0.05, 0.1) is 55.8 Å². The van der Waals surface area contributed by atoms with Gasteiger partial charge in [0.1, 0.15) is 11.1 Å². The van der Waals surface area contributed by atoms with Crippen LogP contribution in [0.3, 0.4) is 0 Å². The molecule has 180 valence electrons. The number of rotatable bonds is 8. The summed E-state index contributed by atoms with van der Waals surface area (Å²) in [5.41, 5.74) is 0.746. The second-order valence-corrected chi connectivity index (χ2v) is 10.7. The van der Waals surface area contributed by atoms with Gasteiger partial charge in [-0.3, -0.25) is 4.68 Å². The van der Waals surface area contributed by atoms with Gasteiger partial charge in [-0.25, -0.2) is 18.1 Å². The number of halogens is 1. The summed E-state index contributed by atoms with van der Waals surface area (Å²) >= 11 is 6.31. The first-order valence-electron chi connectivity index (χ1n) is 10.7. The van der Waals surface area contributed by atoms with E-state index >= 15 is 0 Å². The number of sulfonamides is 1. The second kappa shape index (κ2) is 9.31. The van der Waals surface area contributed by atoms with Crippen molar-refractivity contribution in [2.45, 2.75) is 30.7 Å². The minimum absolute atomic E-state index is 0.0508. The average molecular weight is 500 g/mol. The summed E-state index contributed by atoms with van der Waals surface area (Å²) in [6.07, 6.45) is 5.03. The van der Waals surface area contributed by atoms with E-state index in [0.717, 1.165) is 5.69 Å². The Bertz CT molecular complexity index is 1090. The zero-order valence-corrected chi connectivity index (χ0v) is 19.6. The predicted octanol–water partition coefficient (Wildman–Crippen LogP) is 0.510. The average Bonchev–Trinajstić information content (AvgIpc) is 3.54. The molecule has 0 aromatic carbocycles. The van der Waals surface area contributed by atoms with E-state index < -0.39 is 10.0 Å². The zero-order chi connectivity index (χ0) is 23.0. The molecule has 3 N–H and O–H groups in total. The van der Waals surface area contributed by atoms with Gasteiger partial charge in [0.25, 0.3) is 0 Å². The fourth-order valence-corrected chi connectivity index (χ4v) is 6.16. The van der Waals surface area contributed by atoms with Gasteiger partial charge in [-0.2, -0.15) is 10.1 Å². The lowest BCUT2D eigenvalue weighted by Crippen LogP contribution is -2.41. The Hall–Kier alpha value is -2.03. The molecule has 0 aliphatic carbocycles. The lowest BCUT2D eigenvalue weighted by atomic mass is 10.0. The SMILES string of the molecule is Cn1cc(Nc2ncc(Cl)c(NC3COC4C(CS(=O)(=O)NC5CCOC5)COC34)n2)cn1. The minimum atomic E-state index is -3.47. The van der Waals surface area contributed by atoms with Gasteiger partial charge in [-0.1, -0.05) is 11.6 Å². The molecule has 0 bridgehead atoms. The highest BCUT2D eigenvalue weighted by Gasteiger charge is 2.49. The van der Waals surface area contributed by atoms with Crippen LogP contribution in [0.4, 0.5) is 17.5 Å². The molecule has 5 unspecified atom stereocenters. The molecular formula is C19H26ClN7O5S. The molecule has 5 atom stereocenters. The number of aromatic nitrogens is 4. The van der Waals surface area contributed by atoms with Crippen molar-refractivity contribution in [3.63, 3.8) is 0 Å². The van der Waals surface area contributed by atoms with Crippen molar-refractivity contribution in [1.29, 1.82) is 0 Å². The quantitative estimate of drug-likeness (QED) is 0.470. The van der Waals surface area contributed by atoms with E-state index in [1.807, 2.05) is 7.05 Å². The van der Waals surface area contributed by atoms with Gasteiger partial charge in [-0.05, 0) is 6.42 Å². The number of ether oxygens (including phenoxy) is 3. The molecule has 2 aromatic rings. The predicted molar refractivity (Wildman–Crippen MR) is 120 cm³/mol. The van der Waals surface area contributed by atoms with Gasteiger partial charge in [0, 0.05) is 31.8 Å². The van der Waals surface area contributed by atoms with Crippen LogP contribution < -0.4 is 15.4 Å². The van der Waals surface area contributed by atoms with E-state index in [1.165, 1.54) is 6.20 Å². The van der Waals surface area contributed by atoms with E-state index in [1.54, 1.807) is 17.1 Å². The first-order valence-corrected chi connectivity index (χ1v) is 12.7. The Morgan fingerprint density at radius 2 is 2.06 bits per heavy atom. The highest BCUT2D eigenvalue weighted by atomic mass is 35.5. The second-order valence-electron chi connectivity index (χ2n) is 8.48. The van der Waals surface area contributed by atoms with E-state index in [2.05, 4.69) is 30.4 Å². The van der Waals surface area contributed by atoms with Crippen LogP contribution in [0.25, 0.3) is 0 Å². The molecule has 3 fully saturated rings. The molecule has 14 heteroatoms. The number of hydrogen-bond donors (Lipinski definition) is 3. The van der Waals surface area contributed by atoms with Gasteiger partial charge < -0.3 is 24.8 Å². The first-order chi connectivity index (χ1) is 15.9. The van der Waals surface area contributed by atoms with Gasteiger partial charge in [-0.15, -0.1) is 0 Å². The highest BCUT2D eigenvalue weighted by Crippen LogP contribution is 2.34. The van der Waals surface area contributed by atoms with E-state index in [4.69, 9.17) is 25.8 Å². The van der Waals surface area contributed by atoms with Crippen molar-refractivity contribution in [2.24, 2.45) is 13.0 Å². The molecule has 2 aromatic heterocycles. The highest BCUT2D eigenvalue weighted by molar-refractivity contribution is 7.89. The molecule has 5 heterocycles. The molecule has 0 spiro atoms. The molecule has 0 radical (unpaired) electrons. The summed E-state index contributed by atoms with van der Waals surface area (Å²) in [5.74, 6) is 0.494. The van der Waals surface area contributed by atoms with Crippen LogP contribution in [0.2, 0.25) is 5.02 Å². The molecule has 3 saturated heterocycles. The van der Waals surface area contributed by atoms with E-state index in [0.29, 0.717) is 49.6 Å². The van der Waals surface area contributed by atoms with Crippen LogP contribution >= 0.6 is 11.6 Å². The minimum Gasteiger partial charge on any atom is -0.380 e. The normalized spacial score (nSPS) is 29.3. The maximum atomic E-state index is 12.6. The lowest BCUT2D eigenvalue weighted by molar-refractivity contribution is 0.0656. The summed E-state index contributed by atoms with van der Waals surface area (Å²) < 4.78 is 46.7. The molecule has 3 aliphatic rings. The van der Waals surface area contributed by atoms with Gasteiger partial charge >= 0.3 is 0 Å². The fourth-order valence-electron chi connectivity index (χ4n) is 4.38. The Morgan fingerprint density at radius 1 is 1.21 bits per heavy atom. The summed E-state index contributed by atoms with van der Waals surface area (Å²) in [7, 11) is -1.65. The smallest absolute Gasteiger partial charge is 0.229 e. The van der Waals surface area contributed by atoms with Crippen molar-refractivity contribution in [1.82, 2.24) is 24.5 Å². The Kier molecular flexibility index (Phi) is 6.42. The van der Waals surface area contributed by atoms with Crippen LogP contribution in [0.15, 0.2) is 18.6 Å². The monoisotopic (exact) mass is 499 g/mol. The molecule has 0 amide bonds. The Morgan fingerprint density at radius 3 is 2.82 bits per heavy atom. The number of hydrogen-bond acceptors (Lipinski definition) is 10. The van der Waals surface area contributed by atoms with E-state index in [-0.39, 0.29) is 36.0 Å². The third-order valence-corrected chi connectivity index (χ3v) is 7.73. The molecule has 12 nitrogen and oxygen atoms in total. The Labute approximate surface area is 196 Å². The van der Waals surface area contributed by atoms with Crippen LogP contribution in [0.5, 0.6) is 0 Å². The summed E-state index contributed by atoms with van der Waals surface area (Å²) in [6, 6.07) is -0.390. The molecule has 5 rings (SSSR count). The standard InChI is InChI=1S/C19H26ClN7O5S/c1-27-6-13(4-22-27)23-19-21-5-14(20)18(25-19)24-15-9-32-16-11(7-31-17(15)16)10-33(28,29)26-12-2-3-30-8-12/h4-6,11-12,15-17,26H,2-3,7-10H2,1H3,(H2,21,23,24,25). The first kappa shape index (κ1) is 22.7. The topological polar surface area (TPSA) is 142 Å². The summed E-state index contributed by atoms with van der Waals surface area (Å²) in [6.45, 7) is 1.64. The largest absolute Gasteiger partial charge is 0.380 e. The third-order valence-electron chi connectivity index (χ3n) is 5.89. The fraction of sp³-hybridized carbons (Fsp3) is 0.632. The molecular weight excluding hydrogens is 474 g/mol. The van der Waals surface area contributed by atoms with Gasteiger partial charge in [0.2, 0.25) is 16.0 Å². The molecule has 0 saturated carbocycles. The third kappa shape index (κ3) is 5.23. The number of fused-ring (bicyclic) bond motifs is 1. The van der Waals surface area contributed by atoms with Crippen LogP contribution in [-0.4, -0.2) is 84.6 Å². The number of nitrogens with zero attached hydrogens (tertiary/aromatic N) is 4. The van der Waals surface area contributed by atoms with Crippen LogP contribution in [0, 0.1) is 5.92 Å². The summed E-state index contributed by atoms with van der Waals surface area (Å²) in [4.78, 5) is 8.66. The lowest BCUT2D eigenvalue weighted by Gasteiger charge is -2.19. The number of anilines is 3. The zero-order valence-electron chi connectivity index (χ0n) is 18.0.